The third-order valence-corrected chi connectivity index (χ3v) is 3.35. The molecule has 0 bridgehead atoms. The molecule has 0 aromatic heterocycles. The van der Waals surface area contributed by atoms with E-state index in [0.717, 1.165) is 58.2 Å². The van der Waals surface area contributed by atoms with Crippen LogP contribution in [0.2, 0.25) is 0 Å². The molecule has 0 amide bonds. The summed E-state index contributed by atoms with van der Waals surface area (Å²) in [7, 11) is 0. The van der Waals surface area contributed by atoms with Crippen LogP contribution in [0.4, 0.5) is 0 Å². The van der Waals surface area contributed by atoms with Crippen LogP contribution >= 0.6 is 12.4 Å². The molecule has 0 aromatic carbocycles. The average Bonchev–Trinajstić information content (AvgIpc) is 2.41. The summed E-state index contributed by atoms with van der Waals surface area (Å²) in [6.45, 7) is 4.65. The van der Waals surface area contributed by atoms with Crippen LogP contribution in [0.5, 0.6) is 0 Å². The lowest BCUT2D eigenvalue weighted by atomic mass is 10.1. The topological polar surface area (TPSA) is 87.1 Å². The summed E-state index contributed by atoms with van der Waals surface area (Å²) in [6.07, 6.45) is 4.88. The molecule has 1 rings (SSSR count). The van der Waals surface area contributed by atoms with Crippen LogP contribution in [0.25, 0.3) is 0 Å². The third kappa shape index (κ3) is 9.44. The summed E-state index contributed by atoms with van der Waals surface area (Å²) < 4.78 is 5.27. The molecule has 21 heavy (non-hydrogen) atoms. The molecule has 0 unspecified atom stereocenters. The maximum Gasteiger partial charge on any atom is 0.331 e. The van der Waals surface area contributed by atoms with E-state index in [9.17, 15) is 9.59 Å². The van der Waals surface area contributed by atoms with Crippen LogP contribution in [0.3, 0.4) is 0 Å². The van der Waals surface area contributed by atoms with Gasteiger partial charge in [-0.25, -0.2) is 9.59 Å². The van der Waals surface area contributed by atoms with Crippen LogP contribution in [0, 0.1) is 0 Å². The Labute approximate surface area is 131 Å². The van der Waals surface area contributed by atoms with Crippen molar-refractivity contribution in [2.75, 3.05) is 32.8 Å². The number of aliphatic carboxylic acids is 2. The fourth-order valence-corrected chi connectivity index (χ4v) is 2.22. The summed E-state index contributed by atoms with van der Waals surface area (Å²) in [4.78, 5) is 23.7. The van der Waals surface area contributed by atoms with Crippen molar-refractivity contribution in [2.24, 2.45) is 0 Å². The zero-order valence-corrected chi connectivity index (χ0v) is 12.9. The second-order valence-corrected chi connectivity index (χ2v) is 4.93. The first-order chi connectivity index (χ1) is 9.59. The molecular weight excluding hydrogens is 298 g/mol. The van der Waals surface area contributed by atoms with Crippen molar-refractivity contribution in [3.05, 3.63) is 11.6 Å². The zero-order chi connectivity index (χ0) is 14.8. The number of rotatable bonds is 9. The van der Waals surface area contributed by atoms with Gasteiger partial charge in [0.1, 0.15) is 0 Å². The van der Waals surface area contributed by atoms with Crippen molar-refractivity contribution in [1.82, 2.24) is 4.90 Å². The molecule has 1 saturated heterocycles. The number of nitrogens with zero attached hydrogens (tertiary/aromatic N) is 1. The lowest BCUT2D eigenvalue weighted by Crippen LogP contribution is -2.36. The molecule has 7 heteroatoms. The Morgan fingerprint density at radius 1 is 1.05 bits per heavy atom. The molecule has 1 fully saturated rings. The maximum absolute atomic E-state index is 10.8. The Balaban J connectivity index is 0.00000400. The first-order valence-electron chi connectivity index (χ1n) is 7.06. The van der Waals surface area contributed by atoms with Gasteiger partial charge in [0.05, 0.1) is 13.2 Å². The fraction of sp³-hybridized carbons (Fsp3) is 0.714. The van der Waals surface area contributed by atoms with Crippen LogP contribution in [0.1, 0.15) is 32.1 Å². The minimum Gasteiger partial charge on any atom is -0.478 e. The number of unbranched alkanes of at least 4 members (excludes halogenated alkanes) is 3. The van der Waals surface area contributed by atoms with E-state index in [4.69, 9.17) is 14.9 Å². The first kappa shape index (κ1) is 19.9. The Morgan fingerprint density at radius 3 is 2.24 bits per heavy atom. The molecule has 0 spiro atoms. The van der Waals surface area contributed by atoms with E-state index in [1.54, 1.807) is 0 Å². The van der Waals surface area contributed by atoms with E-state index in [1.807, 2.05) is 0 Å². The van der Waals surface area contributed by atoms with E-state index < -0.39 is 11.9 Å². The van der Waals surface area contributed by atoms with Gasteiger partial charge in [-0.3, -0.25) is 4.90 Å². The minimum absolute atomic E-state index is 0. The fourth-order valence-electron chi connectivity index (χ4n) is 2.22. The highest BCUT2D eigenvalue weighted by Crippen LogP contribution is 2.11. The SMILES string of the molecule is Cl.O=C(O)/C=C(\CCCCCCN1CCOCC1)C(=O)O. The maximum atomic E-state index is 10.8. The average molecular weight is 322 g/mol. The lowest BCUT2D eigenvalue weighted by molar-refractivity contribution is -0.135. The van der Waals surface area contributed by atoms with Gasteiger partial charge in [-0.1, -0.05) is 12.8 Å². The smallest absolute Gasteiger partial charge is 0.331 e. The van der Waals surface area contributed by atoms with Crippen molar-refractivity contribution in [1.29, 1.82) is 0 Å². The third-order valence-electron chi connectivity index (χ3n) is 3.35. The predicted octanol–water partition coefficient (Wildman–Crippen LogP) is 1.79. The van der Waals surface area contributed by atoms with Crippen molar-refractivity contribution < 1.29 is 24.5 Å². The molecule has 0 aliphatic carbocycles. The van der Waals surface area contributed by atoms with Crippen molar-refractivity contribution in [3.8, 4) is 0 Å². The minimum atomic E-state index is -1.20. The van der Waals surface area contributed by atoms with E-state index in [0.29, 0.717) is 12.8 Å². The standard InChI is InChI=1S/C14H23NO5.ClH/c16-13(17)11-12(14(18)19)5-3-1-2-4-6-15-7-9-20-10-8-15;/h11H,1-10H2,(H,16,17)(H,18,19);1H/b12-11+;. The highest BCUT2D eigenvalue weighted by molar-refractivity contribution is 5.94. The van der Waals surface area contributed by atoms with Crippen LogP contribution < -0.4 is 0 Å². The van der Waals surface area contributed by atoms with Crippen LogP contribution in [0.15, 0.2) is 11.6 Å². The van der Waals surface area contributed by atoms with Crippen molar-refractivity contribution >= 4 is 24.3 Å². The number of carboxylic acids is 2. The highest BCUT2D eigenvalue weighted by Gasteiger charge is 2.10. The van der Waals surface area contributed by atoms with Gasteiger partial charge in [0.15, 0.2) is 0 Å². The molecular formula is C14H24ClNO5. The molecule has 1 aliphatic rings. The molecule has 1 aliphatic heterocycles. The second-order valence-electron chi connectivity index (χ2n) is 4.93. The molecule has 0 atom stereocenters. The molecule has 122 valence electrons. The number of carboxylic acid groups (broad SMARTS) is 2. The van der Waals surface area contributed by atoms with E-state index >= 15 is 0 Å². The summed E-state index contributed by atoms with van der Waals surface area (Å²) in [5, 5.41) is 17.4. The van der Waals surface area contributed by atoms with Gasteiger partial charge in [-0.2, -0.15) is 0 Å². The molecule has 2 N–H and O–H groups in total. The number of carbonyl (C=O) groups is 2. The lowest BCUT2D eigenvalue weighted by Gasteiger charge is -2.26. The number of morpholine rings is 1. The Bertz CT molecular complexity index is 353. The zero-order valence-electron chi connectivity index (χ0n) is 12.1. The Kier molecular flexibility index (Phi) is 10.9. The summed E-state index contributed by atoms with van der Waals surface area (Å²) in [5.74, 6) is -2.34. The Hall–Kier alpha value is -1.11. The van der Waals surface area contributed by atoms with Crippen molar-refractivity contribution in [3.63, 3.8) is 0 Å². The van der Waals surface area contributed by atoms with Gasteiger partial charge < -0.3 is 14.9 Å². The van der Waals surface area contributed by atoms with Gasteiger partial charge >= 0.3 is 11.9 Å². The van der Waals surface area contributed by atoms with Gasteiger partial charge in [0.25, 0.3) is 0 Å². The molecule has 6 nitrogen and oxygen atoms in total. The first-order valence-corrected chi connectivity index (χ1v) is 7.06. The van der Waals surface area contributed by atoms with Gasteiger partial charge in [0, 0.05) is 24.7 Å². The number of hydrogen-bond donors (Lipinski definition) is 2. The normalized spacial score (nSPS) is 16.3. The number of hydrogen-bond acceptors (Lipinski definition) is 4. The predicted molar refractivity (Wildman–Crippen MR) is 80.9 cm³/mol. The summed E-state index contributed by atoms with van der Waals surface area (Å²) >= 11 is 0. The molecule has 0 radical (unpaired) electrons. The second kappa shape index (κ2) is 11.5. The van der Waals surface area contributed by atoms with Gasteiger partial charge in [0.2, 0.25) is 0 Å². The van der Waals surface area contributed by atoms with Crippen LogP contribution in [-0.4, -0.2) is 59.9 Å². The largest absolute Gasteiger partial charge is 0.478 e. The number of ether oxygens (including phenoxy) is 1. The summed E-state index contributed by atoms with van der Waals surface area (Å²) in [5.41, 5.74) is -0.0225. The van der Waals surface area contributed by atoms with Crippen LogP contribution in [-0.2, 0) is 14.3 Å². The van der Waals surface area contributed by atoms with E-state index in [2.05, 4.69) is 4.90 Å². The van der Waals surface area contributed by atoms with E-state index in [-0.39, 0.29) is 18.0 Å². The molecule has 1 heterocycles. The summed E-state index contributed by atoms with van der Waals surface area (Å²) in [6, 6.07) is 0. The van der Waals surface area contributed by atoms with Crippen molar-refractivity contribution in [2.45, 2.75) is 32.1 Å². The quantitative estimate of drug-likeness (QED) is 0.497. The molecule has 0 saturated carbocycles. The molecule has 0 aromatic rings. The van der Waals surface area contributed by atoms with E-state index in [1.165, 1.54) is 0 Å². The van der Waals surface area contributed by atoms with Gasteiger partial charge in [-0.05, 0) is 25.8 Å². The monoisotopic (exact) mass is 321 g/mol. The Morgan fingerprint density at radius 2 is 1.67 bits per heavy atom. The van der Waals surface area contributed by atoms with Gasteiger partial charge in [-0.15, -0.1) is 12.4 Å². The highest BCUT2D eigenvalue weighted by atomic mass is 35.5. The number of halogens is 1.